The number of aromatic nitrogens is 4. The molecule has 0 aliphatic rings. The van der Waals surface area contributed by atoms with Crippen LogP contribution in [0.3, 0.4) is 0 Å². The molecule has 0 unspecified atom stereocenters. The Morgan fingerprint density at radius 1 is 1.12 bits per heavy atom. The molecule has 3 rings (SSSR count). The summed E-state index contributed by atoms with van der Waals surface area (Å²) < 4.78 is 1.69. The first-order valence-corrected chi connectivity index (χ1v) is 5.54. The van der Waals surface area contributed by atoms with E-state index in [1.807, 2.05) is 37.4 Å². The summed E-state index contributed by atoms with van der Waals surface area (Å²) in [7, 11) is 1.83. The van der Waals surface area contributed by atoms with Gasteiger partial charge in [-0.2, -0.15) is 5.10 Å². The van der Waals surface area contributed by atoms with E-state index in [9.17, 15) is 0 Å². The van der Waals surface area contributed by atoms with Crippen molar-refractivity contribution >= 4 is 22.6 Å². The average molecular weight is 245 g/mol. The molecule has 0 aliphatic carbocycles. The Hall–Kier alpha value is -1.94. The normalized spacial score (nSPS) is 10.9. The van der Waals surface area contributed by atoms with Crippen LogP contribution in [0.25, 0.3) is 22.4 Å². The Morgan fingerprint density at radius 3 is 2.65 bits per heavy atom. The topological polar surface area (TPSA) is 43.6 Å². The largest absolute Gasteiger partial charge is 0.250 e. The van der Waals surface area contributed by atoms with Crippen molar-refractivity contribution in [3.63, 3.8) is 0 Å². The quantitative estimate of drug-likeness (QED) is 0.618. The van der Waals surface area contributed by atoms with Gasteiger partial charge in [0, 0.05) is 12.6 Å². The summed E-state index contributed by atoms with van der Waals surface area (Å²) in [6.07, 6.45) is 1.67. The number of rotatable bonds is 1. The molecule has 2 aromatic heterocycles. The summed E-state index contributed by atoms with van der Waals surface area (Å²) in [6.45, 7) is 0. The number of nitrogens with zero attached hydrogens (tertiary/aromatic N) is 4. The maximum absolute atomic E-state index is 6.12. The van der Waals surface area contributed by atoms with Crippen LogP contribution in [0.1, 0.15) is 0 Å². The van der Waals surface area contributed by atoms with Crippen molar-refractivity contribution in [3.05, 3.63) is 41.7 Å². The molecule has 17 heavy (non-hydrogen) atoms. The summed E-state index contributed by atoms with van der Waals surface area (Å²) in [5, 5.41) is 5.33. The molecular weight excluding hydrogens is 236 g/mol. The third kappa shape index (κ3) is 1.66. The van der Waals surface area contributed by atoms with Gasteiger partial charge in [0.15, 0.2) is 11.5 Å². The second kappa shape index (κ2) is 3.82. The van der Waals surface area contributed by atoms with Gasteiger partial charge < -0.3 is 0 Å². The fraction of sp³-hybridized carbons (Fsp3) is 0.0833. The van der Waals surface area contributed by atoms with Crippen LogP contribution in [-0.4, -0.2) is 19.7 Å². The molecule has 0 saturated carbocycles. The lowest BCUT2D eigenvalue weighted by atomic mass is 10.2. The summed E-state index contributed by atoms with van der Waals surface area (Å²) >= 11 is 6.12. The van der Waals surface area contributed by atoms with Crippen LogP contribution >= 0.6 is 11.6 Å². The van der Waals surface area contributed by atoms with Crippen LogP contribution in [-0.2, 0) is 7.05 Å². The van der Waals surface area contributed by atoms with Gasteiger partial charge in [0.25, 0.3) is 0 Å². The van der Waals surface area contributed by atoms with Crippen molar-refractivity contribution < 1.29 is 0 Å². The van der Waals surface area contributed by atoms with E-state index < -0.39 is 0 Å². The van der Waals surface area contributed by atoms with Crippen LogP contribution in [0.15, 0.2) is 36.5 Å². The minimum atomic E-state index is 0.432. The van der Waals surface area contributed by atoms with Gasteiger partial charge in [-0.3, -0.25) is 4.68 Å². The molecule has 4 nitrogen and oxygen atoms in total. The molecule has 0 aliphatic heterocycles. The standard InChI is InChI=1S/C12H9ClN4/c1-17-12-9(7-14-17)10(13)15-11(16-12)8-5-3-2-4-6-8/h2-7H,1H3. The van der Waals surface area contributed by atoms with Crippen LogP contribution in [0.4, 0.5) is 0 Å². The first-order chi connectivity index (χ1) is 8.25. The highest BCUT2D eigenvalue weighted by molar-refractivity contribution is 6.34. The highest BCUT2D eigenvalue weighted by atomic mass is 35.5. The van der Waals surface area contributed by atoms with E-state index in [1.165, 1.54) is 0 Å². The Labute approximate surface area is 103 Å². The summed E-state index contributed by atoms with van der Waals surface area (Å²) in [4.78, 5) is 8.76. The van der Waals surface area contributed by atoms with E-state index in [1.54, 1.807) is 10.9 Å². The van der Waals surface area contributed by atoms with Gasteiger partial charge in [0.2, 0.25) is 0 Å². The van der Waals surface area contributed by atoms with E-state index >= 15 is 0 Å². The maximum atomic E-state index is 6.12. The molecule has 0 bridgehead atoms. The molecule has 5 heteroatoms. The molecular formula is C12H9ClN4. The highest BCUT2D eigenvalue weighted by Gasteiger charge is 2.10. The molecule has 0 fully saturated rings. The van der Waals surface area contributed by atoms with E-state index in [0.717, 1.165) is 16.6 Å². The first kappa shape index (κ1) is 10.2. The number of aryl methyl sites for hydroxylation is 1. The zero-order valence-electron chi connectivity index (χ0n) is 9.13. The fourth-order valence-corrected chi connectivity index (χ4v) is 1.92. The van der Waals surface area contributed by atoms with Crippen LogP contribution in [0.5, 0.6) is 0 Å². The number of hydrogen-bond donors (Lipinski definition) is 0. The molecule has 0 radical (unpaired) electrons. The van der Waals surface area contributed by atoms with Gasteiger partial charge in [-0.1, -0.05) is 41.9 Å². The lowest BCUT2D eigenvalue weighted by molar-refractivity contribution is 0.786. The predicted octanol–water partition coefficient (Wildman–Crippen LogP) is 2.68. The predicted molar refractivity (Wildman–Crippen MR) is 66.8 cm³/mol. The molecule has 3 aromatic rings. The van der Waals surface area contributed by atoms with Gasteiger partial charge in [-0.25, -0.2) is 9.97 Å². The Bertz CT molecular complexity index is 676. The smallest absolute Gasteiger partial charge is 0.163 e. The Morgan fingerprint density at radius 2 is 1.88 bits per heavy atom. The van der Waals surface area contributed by atoms with Crippen molar-refractivity contribution in [1.82, 2.24) is 19.7 Å². The monoisotopic (exact) mass is 244 g/mol. The van der Waals surface area contributed by atoms with Gasteiger partial charge in [-0.05, 0) is 0 Å². The average Bonchev–Trinajstić information content (AvgIpc) is 2.73. The van der Waals surface area contributed by atoms with Crippen molar-refractivity contribution in [2.24, 2.45) is 7.05 Å². The van der Waals surface area contributed by atoms with Crippen molar-refractivity contribution in [2.75, 3.05) is 0 Å². The van der Waals surface area contributed by atoms with Crippen molar-refractivity contribution in [2.45, 2.75) is 0 Å². The molecule has 0 amide bonds. The molecule has 0 N–H and O–H groups in total. The molecule has 0 saturated heterocycles. The first-order valence-electron chi connectivity index (χ1n) is 5.16. The number of halogens is 1. The SMILES string of the molecule is Cn1ncc2c(Cl)nc(-c3ccccc3)nc21. The van der Waals surface area contributed by atoms with Crippen LogP contribution in [0.2, 0.25) is 5.15 Å². The van der Waals surface area contributed by atoms with Crippen molar-refractivity contribution in [1.29, 1.82) is 0 Å². The number of benzene rings is 1. The van der Waals surface area contributed by atoms with E-state index in [0.29, 0.717) is 11.0 Å². The second-order valence-corrected chi connectivity index (χ2v) is 4.07. The highest BCUT2D eigenvalue weighted by Crippen LogP contribution is 2.23. The zero-order chi connectivity index (χ0) is 11.8. The second-order valence-electron chi connectivity index (χ2n) is 3.71. The Kier molecular flexibility index (Phi) is 2.30. The lowest BCUT2D eigenvalue weighted by Crippen LogP contribution is -1.95. The van der Waals surface area contributed by atoms with Gasteiger partial charge >= 0.3 is 0 Å². The van der Waals surface area contributed by atoms with E-state index in [4.69, 9.17) is 11.6 Å². The third-order valence-electron chi connectivity index (χ3n) is 2.58. The lowest BCUT2D eigenvalue weighted by Gasteiger charge is -2.02. The van der Waals surface area contributed by atoms with Crippen LogP contribution < -0.4 is 0 Å². The Balaban J connectivity index is 2.28. The maximum Gasteiger partial charge on any atom is 0.163 e. The number of hydrogen-bond acceptors (Lipinski definition) is 3. The van der Waals surface area contributed by atoms with Gasteiger partial charge in [0.05, 0.1) is 11.6 Å². The van der Waals surface area contributed by atoms with E-state index in [-0.39, 0.29) is 0 Å². The molecule has 0 spiro atoms. The van der Waals surface area contributed by atoms with Gasteiger partial charge in [0.1, 0.15) is 5.15 Å². The number of fused-ring (bicyclic) bond motifs is 1. The molecule has 84 valence electrons. The zero-order valence-corrected chi connectivity index (χ0v) is 9.89. The van der Waals surface area contributed by atoms with Gasteiger partial charge in [-0.15, -0.1) is 0 Å². The van der Waals surface area contributed by atoms with Crippen molar-refractivity contribution in [3.8, 4) is 11.4 Å². The summed E-state index contributed by atoms with van der Waals surface area (Å²) in [5.74, 6) is 0.617. The molecule has 1 aromatic carbocycles. The fourth-order valence-electron chi connectivity index (χ4n) is 1.70. The molecule has 0 atom stereocenters. The minimum Gasteiger partial charge on any atom is -0.250 e. The third-order valence-corrected chi connectivity index (χ3v) is 2.87. The van der Waals surface area contributed by atoms with E-state index in [2.05, 4.69) is 15.1 Å². The summed E-state index contributed by atoms with van der Waals surface area (Å²) in [5.41, 5.74) is 1.68. The van der Waals surface area contributed by atoms with Crippen LogP contribution in [0, 0.1) is 0 Å². The minimum absolute atomic E-state index is 0.432. The summed E-state index contributed by atoms with van der Waals surface area (Å²) in [6, 6.07) is 9.75. The molecule has 2 heterocycles.